The van der Waals surface area contributed by atoms with Gasteiger partial charge in [-0.1, -0.05) is 19.1 Å². The van der Waals surface area contributed by atoms with Crippen LogP contribution in [0.1, 0.15) is 58.3 Å². The highest BCUT2D eigenvalue weighted by Gasteiger charge is 2.48. The lowest BCUT2D eigenvalue weighted by Crippen LogP contribution is -2.31. The smallest absolute Gasteiger partial charge is 0.303 e. The van der Waals surface area contributed by atoms with Crippen LogP contribution in [0.25, 0.3) is 0 Å². The summed E-state index contributed by atoms with van der Waals surface area (Å²) in [6.07, 6.45) is 11.3. The van der Waals surface area contributed by atoms with E-state index in [4.69, 9.17) is 9.84 Å². The van der Waals surface area contributed by atoms with E-state index in [1.54, 1.807) is 0 Å². The lowest BCUT2D eigenvalue weighted by Gasteiger charge is -2.26. The fraction of sp³-hybridized carbons (Fsp3) is 0.850. The van der Waals surface area contributed by atoms with Crippen LogP contribution in [-0.2, 0) is 31.1 Å². The third-order valence-corrected chi connectivity index (χ3v) is 8.59. The van der Waals surface area contributed by atoms with Crippen molar-refractivity contribution in [2.45, 2.75) is 70.5 Å². The SMILES string of the molecule is CCCS(=O)CCCS(=O)C[C@H]1[C@@H](CC=CCCCC(=O)O)[C@H]2CC[C@@H]1O2. The van der Waals surface area contributed by atoms with Crippen molar-refractivity contribution in [1.29, 1.82) is 0 Å². The molecule has 0 radical (unpaired) electrons. The fourth-order valence-electron chi connectivity index (χ4n) is 4.18. The second-order valence-corrected chi connectivity index (χ2v) is 10.9. The fourth-order valence-corrected chi connectivity index (χ4v) is 7.01. The molecule has 0 saturated carbocycles. The Bertz CT molecular complexity index is 548. The van der Waals surface area contributed by atoms with Gasteiger partial charge < -0.3 is 9.84 Å². The lowest BCUT2D eigenvalue weighted by molar-refractivity contribution is -0.137. The number of hydrogen-bond acceptors (Lipinski definition) is 4. The van der Waals surface area contributed by atoms with Crippen molar-refractivity contribution < 1.29 is 23.1 Å². The Hall–Kier alpha value is -0.530. The first-order valence-corrected chi connectivity index (χ1v) is 13.2. The van der Waals surface area contributed by atoms with Crippen LogP contribution >= 0.6 is 0 Å². The Morgan fingerprint density at radius 1 is 1.04 bits per heavy atom. The van der Waals surface area contributed by atoms with E-state index in [0.717, 1.165) is 44.3 Å². The minimum absolute atomic E-state index is 0.215. The van der Waals surface area contributed by atoms with E-state index < -0.39 is 27.6 Å². The average Bonchev–Trinajstić information content (AvgIpc) is 3.20. The number of carboxylic acids is 1. The van der Waals surface area contributed by atoms with Crippen LogP contribution < -0.4 is 0 Å². The molecular weight excluding hydrogens is 384 g/mol. The summed E-state index contributed by atoms with van der Waals surface area (Å²) in [4.78, 5) is 10.5. The van der Waals surface area contributed by atoms with Crippen LogP contribution in [0, 0.1) is 11.8 Å². The van der Waals surface area contributed by atoms with Gasteiger partial charge in [0.15, 0.2) is 0 Å². The summed E-state index contributed by atoms with van der Waals surface area (Å²) >= 11 is 0. The molecule has 0 aromatic rings. The molecule has 0 amide bonds. The molecule has 2 aliphatic heterocycles. The molecule has 0 aliphatic carbocycles. The average molecular weight is 419 g/mol. The number of fused-ring (bicyclic) bond motifs is 2. The molecule has 2 heterocycles. The minimum Gasteiger partial charge on any atom is -0.481 e. The zero-order valence-electron chi connectivity index (χ0n) is 16.3. The van der Waals surface area contributed by atoms with E-state index in [1.165, 1.54) is 0 Å². The maximum Gasteiger partial charge on any atom is 0.303 e. The first kappa shape index (κ1) is 22.8. The normalized spacial score (nSPS) is 29.4. The first-order valence-electron chi connectivity index (χ1n) is 10.2. The maximum absolute atomic E-state index is 12.5. The molecule has 5 nitrogen and oxygen atoms in total. The maximum atomic E-state index is 12.5. The molecule has 27 heavy (non-hydrogen) atoms. The van der Waals surface area contributed by atoms with Gasteiger partial charge in [0.1, 0.15) is 0 Å². The number of aliphatic carboxylic acids is 1. The van der Waals surface area contributed by atoms with Crippen molar-refractivity contribution in [2.24, 2.45) is 11.8 Å². The van der Waals surface area contributed by atoms with Crippen LogP contribution in [0.4, 0.5) is 0 Å². The lowest BCUT2D eigenvalue weighted by atomic mass is 9.78. The second-order valence-electron chi connectivity index (χ2n) is 7.62. The number of ether oxygens (including phenoxy) is 1. The molecule has 2 rings (SSSR count). The predicted molar refractivity (Wildman–Crippen MR) is 111 cm³/mol. The van der Waals surface area contributed by atoms with Gasteiger partial charge in [0, 0.05) is 56.9 Å². The first-order chi connectivity index (χ1) is 13.0. The van der Waals surface area contributed by atoms with Gasteiger partial charge in [0.2, 0.25) is 0 Å². The molecule has 6 atom stereocenters. The van der Waals surface area contributed by atoms with Crippen molar-refractivity contribution in [3.05, 3.63) is 12.2 Å². The van der Waals surface area contributed by atoms with E-state index in [1.807, 2.05) is 6.92 Å². The minimum atomic E-state index is -0.872. The van der Waals surface area contributed by atoms with Crippen molar-refractivity contribution in [3.8, 4) is 0 Å². The third-order valence-electron chi connectivity index (χ3n) is 5.48. The number of rotatable bonds is 14. The highest BCUT2D eigenvalue weighted by Crippen LogP contribution is 2.45. The molecule has 1 N–H and O–H groups in total. The molecule has 156 valence electrons. The number of hydrogen-bond donors (Lipinski definition) is 1. The monoisotopic (exact) mass is 418 g/mol. The van der Waals surface area contributed by atoms with Crippen LogP contribution in [0.2, 0.25) is 0 Å². The van der Waals surface area contributed by atoms with Gasteiger partial charge in [-0.05, 0) is 50.9 Å². The number of carbonyl (C=O) groups is 1. The van der Waals surface area contributed by atoms with Gasteiger partial charge in [0.05, 0.1) is 12.2 Å². The molecule has 0 aromatic carbocycles. The van der Waals surface area contributed by atoms with Crippen molar-refractivity contribution >= 4 is 27.6 Å². The molecule has 0 aromatic heterocycles. The summed E-state index contributed by atoms with van der Waals surface area (Å²) in [5.74, 6) is 2.78. The molecular formula is C20H34O5S2. The van der Waals surface area contributed by atoms with E-state index in [9.17, 15) is 13.2 Å². The van der Waals surface area contributed by atoms with Gasteiger partial charge in [-0.25, -0.2) is 0 Å². The summed E-state index contributed by atoms with van der Waals surface area (Å²) < 4.78 is 30.3. The highest BCUT2D eigenvalue weighted by molar-refractivity contribution is 7.85. The Morgan fingerprint density at radius 2 is 1.74 bits per heavy atom. The van der Waals surface area contributed by atoms with Crippen LogP contribution in [0.5, 0.6) is 0 Å². The molecule has 2 fully saturated rings. The van der Waals surface area contributed by atoms with E-state index in [-0.39, 0.29) is 18.6 Å². The second kappa shape index (κ2) is 12.1. The van der Waals surface area contributed by atoms with E-state index in [0.29, 0.717) is 35.5 Å². The Morgan fingerprint density at radius 3 is 2.44 bits per heavy atom. The van der Waals surface area contributed by atoms with E-state index in [2.05, 4.69) is 12.2 Å². The predicted octanol–water partition coefficient (Wildman–Crippen LogP) is 3.28. The molecule has 2 aliphatic rings. The zero-order chi connectivity index (χ0) is 19.6. The molecule has 7 heteroatoms. The number of allylic oxidation sites excluding steroid dienone is 2. The third kappa shape index (κ3) is 7.78. The Labute approximate surface area is 168 Å². The summed E-state index contributed by atoms with van der Waals surface area (Å²) in [5, 5.41) is 8.66. The quantitative estimate of drug-likeness (QED) is 0.346. The molecule has 2 saturated heterocycles. The van der Waals surface area contributed by atoms with Gasteiger partial charge >= 0.3 is 5.97 Å². The van der Waals surface area contributed by atoms with Crippen molar-refractivity contribution in [1.82, 2.24) is 0 Å². The van der Waals surface area contributed by atoms with Gasteiger partial charge in [0.25, 0.3) is 0 Å². The number of carboxylic acid groups (broad SMARTS) is 1. The zero-order valence-corrected chi connectivity index (χ0v) is 18.0. The van der Waals surface area contributed by atoms with Gasteiger partial charge in [-0.15, -0.1) is 0 Å². The van der Waals surface area contributed by atoms with Crippen LogP contribution in [0.15, 0.2) is 12.2 Å². The Balaban J connectivity index is 1.73. The Kier molecular flexibility index (Phi) is 10.2. The molecule has 2 bridgehead atoms. The summed E-state index contributed by atoms with van der Waals surface area (Å²) in [6, 6.07) is 0. The largest absolute Gasteiger partial charge is 0.481 e. The van der Waals surface area contributed by atoms with Crippen LogP contribution in [0.3, 0.4) is 0 Å². The summed E-state index contributed by atoms with van der Waals surface area (Å²) in [7, 11) is -1.64. The standard InChI is InChI=1S/C20H34O5S2/c1-2-12-26(23)13-7-14-27(24)15-17-16(18-10-11-19(17)25-18)8-5-3-4-6-9-20(21)22/h3,5,16-19H,2,4,6-15H2,1H3,(H,21,22)/t16-,17+,18-,19+,26?,27?/m1/s1. The topological polar surface area (TPSA) is 80.7 Å². The van der Waals surface area contributed by atoms with Crippen molar-refractivity contribution in [3.63, 3.8) is 0 Å². The van der Waals surface area contributed by atoms with Gasteiger partial charge in [-0.2, -0.15) is 0 Å². The number of unbranched alkanes of at least 4 members (excludes halogenated alkanes) is 1. The van der Waals surface area contributed by atoms with Crippen LogP contribution in [-0.4, -0.2) is 54.7 Å². The highest BCUT2D eigenvalue weighted by atomic mass is 32.2. The summed E-state index contributed by atoms with van der Waals surface area (Å²) in [6.45, 7) is 2.03. The van der Waals surface area contributed by atoms with Gasteiger partial charge in [-0.3, -0.25) is 13.2 Å². The summed E-state index contributed by atoms with van der Waals surface area (Å²) in [5.41, 5.74) is 0. The van der Waals surface area contributed by atoms with E-state index >= 15 is 0 Å². The molecule has 2 unspecified atom stereocenters. The molecule has 0 spiro atoms. The van der Waals surface area contributed by atoms with Crippen molar-refractivity contribution in [2.75, 3.05) is 23.0 Å².